The van der Waals surface area contributed by atoms with Crippen molar-refractivity contribution < 1.29 is 19.5 Å². The van der Waals surface area contributed by atoms with Crippen LogP contribution in [0.25, 0.3) is 0 Å². The van der Waals surface area contributed by atoms with Crippen molar-refractivity contribution in [2.24, 2.45) is 17.6 Å². The summed E-state index contributed by atoms with van der Waals surface area (Å²) in [5, 5.41) is 8.70. The second kappa shape index (κ2) is 6.78. The number of carboxylic acids is 1. The Hall–Kier alpha value is -1.79. The molecule has 1 atom stereocenters. The highest BCUT2D eigenvalue weighted by molar-refractivity contribution is 5.78. The average molecular weight is 297 g/mol. The molecule has 0 aromatic heterocycles. The fourth-order valence-corrected chi connectivity index (χ4v) is 3.12. The maximum atomic E-state index is 12.4. The number of piperidine rings is 1. The molecule has 118 valence electrons. The van der Waals surface area contributed by atoms with Crippen LogP contribution in [0.1, 0.15) is 32.1 Å². The summed E-state index contributed by atoms with van der Waals surface area (Å²) in [6.45, 7) is 2.48. The maximum absolute atomic E-state index is 12.4. The van der Waals surface area contributed by atoms with Crippen LogP contribution in [0.4, 0.5) is 4.79 Å². The molecule has 0 saturated carbocycles. The van der Waals surface area contributed by atoms with Gasteiger partial charge in [-0.15, -0.1) is 0 Å². The van der Waals surface area contributed by atoms with Crippen molar-refractivity contribution in [3.05, 3.63) is 0 Å². The summed E-state index contributed by atoms with van der Waals surface area (Å²) in [6.07, 6.45) is 2.94. The molecule has 2 fully saturated rings. The molecule has 3 amide bonds. The van der Waals surface area contributed by atoms with E-state index in [0.717, 1.165) is 6.42 Å². The third-order valence-electron chi connectivity index (χ3n) is 4.49. The van der Waals surface area contributed by atoms with Gasteiger partial charge in [0.2, 0.25) is 5.91 Å². The molecule has 2 saturated heterocycles. The van der Waals surface area contributed by atoms with Gasteiger partial charge in [0.05, 0.1) is 0 Å². The smallest absolute Gasteiger partial charge is 0.320 e. The SMILES string of the molecule is NC(=O)C1CCN(C(=O)N2CCC(CCC(=O)O)C2)CC1. The lowest BCUT2D eigenvalue weighted by Gasteiger charge is -2.33. The van der Waals surface area contributed by atoms with E-state index in [1.165, 1.54) is 0 Å². The van der Waals surface area contributed by atoms with Crippen LogP contribution in [0.15, 0.2) is 0 Å². The van der Waals surface area contributed by atoms with Gasteiger partial charge in [-0.3, -0.25) is 9.59 Å². The van der Waals surface area contributed by atoms with Crippen LogP contribution in [0.2, 0.25) is 0 Å². The van der Waals surface area contributed by atoms with E-state index in [4.69, 9.17) is 10.8 Å². The number of urea groups is 1. The third-order valence-corrected chi connectivity index (χ3v) is 4.49. The number of nitrogens with two attached hydrogens (primary N) is 1. The lowest BCUT2D eigenvalue weighted by molar-refractivity contribution is -0.137. The molecule has 2 aliphatic rings. The normalized spacial score (nSPS) is 23.3. The van der Waals surface area contributed by atoms with E-state index in [1.54, 1.807) is 9.80 Å². The fraction of sp³-hybridized carbons (Fsp3) is 0.786. The molecule has 1 unspecified atom stereocenters. The number of hydrogen-bond donors (Lipinski definition) is 2. The summed E-state index contributed by atoms with van der Waals surface area (Å²) < 4.78 is 0. The molecule has 0 radical (unpaired) electrons. The van der Waals surface area contributed by atoms with E-state index in [9.17, 15) is 14.4 Å². The molecule has 0 aliphatic carbocycles. The van der Waals surface area contributed by atoms with E-state index in [0.29, 0.717) is 45.4 Å². The monoisotopic (exact) mass is 297 g/mol. The molecule has 0 spiro atoms. The maximum Gasteiger partial charge on any atom is 0.320 e. The number of primary amides is 1. The molecule has 7 nitrogen and oxygen atoms in total. The quantitative estimate of drug-likeness (QED) is 0.788. The Morgan fingerprint density at radius 2 is 1.67 bits per heavy atom. The molecule has 3 N–H and O–H groups in total. The second-order valence-electron chi connectivity index (χ2n) is 5.98. The zero-order valence-electron chi connectivity index (χ0n) is 12.2. The summed E-state index contributed by atoms with van der Waals surface area (Å²) in [5.74, 6) is -0.894. The summed E-state index contributed by atoms with van der Waals surface area (Å²) >= 11 is 0. The molecule has 0 bridgehead atoms. The molecular formula is C14H23N3O4. The van der Waals surface area contributed by atoms with Gasteiger partial charge in [0, 0.05) is 38.5 Å². The van der Waals surface area contributed by atoms with Gasteiger partial charge in [-0.25, -0.2) is 4.79 Å². The minimum Gasteiger partial charge on any atom is -0.481 e. The lowest BCUT2D eigenvalue weighted by Crippen LogP contribution is -2.47. The Balaban J connectivity index is 1.77. The summed E-state index contributed by atoms with van der Waals surface area (Å²) in [4.78, 5) is 37.7. The topological polar surface area (TPSA) is 104 Å². The zero-order valence-corrected chi connectivity index (χ0v) is 12.2. The Labute approximate surface area is 124 Å². The Morgan fingerprint density at radius 1 is 1.05 bits per heavy atom. The molecule has 2 aliphatic heterocycles. The van der Waals surface area contributed by atoms with Crippen molar-refractivity contribution in [1.82, 2.24) is 9.80 Å². The van der Waals surface area contributed by atoms with Crippen LogP contribution >= 0.6 is 0 Å². The van der Waals surface area contributed by atoms with Crippen molar-refractivity contribution in [2.75, 3.05) is 26.2 Å². The summed E-state index contributed by atoms with van der Waals surface area (Å²) in [7, 11) is 0. The van der Waals surface area contributed by atoms with Crippen molar-refractivity contribution in [2.45, 2.75) is 32.1 Å². The first-order valence-electron chi connectivity index (χ1n) is 7.52. The van der Waals surface area contributed by atoms with Gasteiger partial charge in [0.15, 0.2) is 0 Å². The number of nitrogens with zero attached hydrogens (tertiary/aromatic N) is 2. The highest BCUT2D eigenvalue weighted by Crippen LogP contribution is 2.24. The molecule has 2 heterocycles. The Bertz CT molecular complexity index is 418. The third kappa shape index (κ3) is 4.09. The van der Waals surface area contributed by atoms with Crippen molar-refractivity contribution >= 4 is 17.9 Å². The van der Waals surface area contributed by atoms with Crippen LogP contribution in [0, 0.1) is 11.8 Å². The van der Waals surface area contributed by atoms with E-state index in [2.05, 4.69) is 0 Å². The van der Waals surface area contributed by atoms with E-state index < -0.39 is 5.97 Å². The second-order valence-corrected chi connectivity index (χ2v) is 5.98. The van der Waals surface area contributed by atoms with E-state index >= 15 is 0 Å². The van der Waals surface area contributed by atoms with Gasteiger partial charge in [0.25, 0.3) is 0 Å². The van der Waals surface area contributed by atoms with Crippen LogP contribution in [-0.4, -0.2) is 59.0 Å². The van der Waals surface area contributed by atoms with Gasteiger partial charge in [-0.2, -0.15) is 0 Å². The number of amides is 3. The van der Waals surface area contributed by atoms with E-state index in [-0.39, 0.29) is 30.2 Å². The van der Waals surface area contributed by atoms with Crippen LogP contribution in [0.3, 0.4) is 0 Å². The largest absolute Gasteiger partial charge is 0.481 e. The van der Waals surface area contributed by atoms with Gasteiger partial charge < -0.3 is 20.6 Å². The van der Waals surface area contributed by atoms with Gasteiger partial charge in [-0.1, -0.05) is 0 Å². The first-order chi connectivity index (χ1) is 9.97. The first-order valence-corrected chi connectivity index (χ1v) is 7.52. The predicted molar refractivity (Wildman–Crippen MR) is 75.4 cm³/mol. The van der Waals surface area contributed by atoms with Crippen LogP contribution < -0.4 is 5.73 Å². The van der Waals surface area contributed by atoms with Crippen molar-refractivity contribution in [3.63, 3.8) is 0 Å². The highest BCUT2D eigenvalue weighted by atomic mass is 16.4. The zero-order chi connectivity index (χ0) is 15.4. The number of carbonyl (C=O) groups excluding carboxylic acids is 2. The number of likely N-dealkylation sites (tertiary alicyclic amines) is 2. The summed E-state index contributed by atoms with van der Waals surface area (Å²) in [6, 6.07) is 0.00995. The number of hydrogen-bond acceptors (Lipinski definition) is 3. The van der Waals surface area contributed by atoms with Crippen LogP contribution in [-0.2, 0) is 9.59 Å². The lowest BCUT2D eigenvalue weighted by atomic mass is 9.96. The number of carboxylic acid groups (broad SMARTS) is 1. The van der Waals surface area contributed by atoms with Crippen molar-refractivity contribution in [1.29, 1.82) is 0 Å². The van der Waals surface area contributed by atoms with Gasteiger partial charge in [0.1, 0.15) is 0 Å². The first kappa shape index (κ1) is 15.6. The Kier molecular flexibility index (Phi) is 5.03. The molecule has 0 aromatic rings. The molecular weight excluding hydrogens is 274 g/mol. The average Bonchev–Trinajstić information content (AvgIpc) is 2.93. The minimum atomic E-state index is -0.784. The molecule has 7 heteroatoms. The number of carbonyl (C=O) groups is 3. The minimum absolute atomic E-state index is 0.00995. The summed E-state index contributed by atoms with van der Waals surface area (Å²) in [5.41, 5.74) is 5.29. The molecule has 2 rings (SSSR count). The Morgan fingerprint density at radius 3 is 2.24 bits per heavy atom. The number of aliphatic carboxylic acids is 1. The van der Waals surface area contributed by atoms with E-state index in [1.807, 2.05) is 0 Å². The molecule has 21 heavy (non-hydrogen) atoms. The van der Waals surface area contributed by atoms with Crippen LogP contribution in [0.5, 0.6) is 0 Å². The van der Waals surface area contributed by atoms with Crippen molar-refractivity contribution in [3.8, 4) is 0 Å². The van der Waals surface area contributed by atoms with Gasteiger partial charge >= 0.3 is 12.0 Å². The van der Waals surface area contributed by atoms with Gasteiger partial charge in [-0.05, 0) is 31.6 Å². The number of rotatable bonds is 4. The predicted octanol–water partition coefficient (Wildman–Crippen LogP) is 0.490. The fourth-order valence-electron chi connectivity index (χ4n) is 3.12. The highest BCUT2D eigenvalue weighted by Gasteiger charge is 2.32. The standard InChI is InChI=1S/C14H23N3O4/c15-13(20)11-4-7-16(8-5-11)14(21)17-6-3-10(9-17)1-2-12(18)19/h10-11H,1-9H2,(H2,15,20)(H,18,19). The molecule has 0 aromatic carbocycles.